The van der Waals surface area contributed by atoms with Crippen molar-refractivity contribution in [3.05, 3.63) is 29.9 Å². The molecule has 0 aliphatic heterocycles. The van der Waals surface area contributed by atoms with Crippen molar-refractivity contribution in [3.8, 4) is 11.5 Å². The van der Waals surface area contributed by atoms with Crippen LogP contribution in [0.4, 0.5) is 5.69 Å². The molecule has 3 N–H and O–H groups in total. The molecule has 2 aromatic rings. The van der Waals surface area contributed by atoms with Crippen LogP contribution in [0.15, 0.2) is 27.7 Å². The van der Waals surface area contributed by atoms with Gasteiger partial charge in [0.25, 0.3) is 0 Å². The van der Waals surface area contributed by atoms with E-state index in [4.69, 9.17) is 19.7 Å². The highest BCUT2D eigenvalue weighted by Gasteiger charge is 2.07. The largest absolute Gasteiger partial charge is 0.497 e. The van der Waals surface area contributed by atoms with Crippen molar-refractivity contribution in [1.29, 1.82) is 0 Å². The number of benzene rings is 1. The number of rotatable bonds is 5. The van der Waals surface area contributed by atoms with E-state index in [0.29, 0.717) is 28.9 Å². The number of nitrogens with one attached hydrogen (secondary N) is 1. The molecule has 0 spiro atoms. The molecule has 1 aromatic heterocycles. The lowest BCUT2D eigenvalue weighted by Crippen LogP contribution is -2.23. The van der Waals surface area contributed by atoms with Crippen LogP contribution in [0.2, 0.25) is 0 Å². The zero-order valence-corrected chi connectivity index (χ0v) is 12.1. The number of methoxy groups -OCH3 is 2. The van der Waals surface area contributed by atoms with Gasteiger partial charge in [0.2, 0.25) is 5.89 Å². The fourth-order valence-corrected chi connectivity index (χ4v) is 1.65. The first kappa shape index (κ1) is 14.6. The van der Waals surface area contributed by atoms with Gasteiger partial charge in [-0.1, -0.05) is 5.16 Å². The SMILES string of the molecule is COc1ccc(OC)c(NC(N)=NCc2noc(C)n2)c1. The molecule has 0 bridgehead atoms. The van der Waals surface area contributed by atoms with Gasteiger partial charge in [0.05, 0.1) is 19.9 Å². The summed E-state index contributed by atoms with van der Waals surface area (Å²) in [7, 11) is 3.16. The Morgan fingerprint density at radius 3 is 2.81 bits per heavy atom. The number of nitrogens with two attached hydrogens (primary N) is 1. The number of aliphatic imine (C=N–C) groups is 1. The summed E-state index contributed by atoms with van der Waals surface area (Å²) in [6.45, 7) is 1.94. The third-order valence-corrected chi connectivity index (χ3v) is 2.63. The Kier molecular flexibility index (Phi) is 4.60. The van der Waals surface area contributed by atoms with E-state index in [1.165, 1.54) is 0 Å². The topological polar surface area (TPSA) is 108 Å². The molecule has 0 saturated heterocycles. The van der Waals surface area contributed by atoms with Gasteiger partial charge in [-0.3, -0.25) is 0 Å². The van der Waals surface area contributed by atoms with Crippen LogP contribution in [0.3, 0.4) is 0 Å². The summed E-state index contributed by atoms with van der Waals surface area (Å²) in [5.41, 5.74) is 6.49. The number of ether oxygens (including phenoxy) is 2. The molecule has 0 aliphatic rings. The normalized spacial score (nSPS) is 11.3. The molecule has 0 radical (unpaired) electrons. The maximum absolute atomic E-state index is 5.83. The molecule has 0 fully saturated rings. The van der Waals surface area contributed by atoms with Gasteiger partial charge in [0.15, 0.2) is 11.8 Å². The second kappa shape index (κ2) is 6.60. The maximum atomic E-state index is 5.83. The van der Waals surface area contributed by atoms with Gasteiger partial charge in [-0.25, -0.2) is 4.99 Å². The monoisotopic (exact) mass is 291 g/mol. The molecule has 8 heteroatoms. The molecular weight excluding hydrogens is 274 g/mol. The third-order valence-electron chi connectivity index (χ3n) is 2.63. The lowest BCUT2D eigenvalue weighted by Gasteiger charge is -2.11. The van der Waals surface area contributed by atoms with E-state index in [2.05, 4.69) is 20.4 Å². The average molecular weight is 291 g/mol. The number of aryl methyl sites for hydroxylation is 1. The van der Waals surface area contributed by atoms with Crippen molar-refractivity contribution in [3.63, 3.8) is 0 Å². The van der Waals surface area contributed by atoms with Crippen LogP contribution in [0, 0.1) is 6.92 Å². The molecule has 0 saturated carbocycles. The number of guanidine groups is 1. The first-order valence-electron chi connectivity index (χ1n) is 6.20. The molecular formula is C13H17N5O3. The van der Waals surface area contributed by atoms with E-state index in [0.717, 1.165) is 0 Å². The second-order valence-electron chi connectivity index (χ2n) is 4.12. The molecule has 1 heterocycles. The van der Waals surface area contributed by atoms with Crippen LogP contribution in [-0.4, -0.2) is 30.3 Å². The van der Waals surface area contributed by atoms with E-state index < -0.39 is 0 Å². The van der Waals surface area contributed by atoms with Crippen molar-refractivity contribution >= 4 is 11.6 Å². The highest BCUT2D eigenvalue weighted by atomic mass is 16.5. The van der Waals surface area contributed by atoms with Crippen molar-refractivity contribution in [2.45, 2.75) is 13.5 Å². The Labute approximate surface area is 122 Å². The number of hydrogen-bond acceptors (Lipinski definition) is 6. The fraction of sp³-hybridized carbons (Fsp3) is 0.308. The van der Waals surface area contributed by atoms with E-state index in [1.54, 1.807) is 39.3 Å². The molecule has 112 valence electrons. The Hall–Kier alpha value is -2.77. The summed E-state index contributed by atoms with van der Waals surface area (Å²) in [6.07, 6.45) is 0. The first-order valence-corrected chi connectivity index (χ1v) is 6.20. The van der Waals surface area contributed by atoms with Crippen molar-refractivity contribution in [2.75, 3.05) is 19.5 Å². The van der Waals surface area contributed by atoms with E-state index in [9.17, 15) is 0 Å². The minimum Gasteiger partial charge on any atom is -0.497 e. The van der Waals surface area contributed by atoms with Crippen LogP contribution in [0.25, 0.3) is 0 Å². The summed E-state index contributed by atoms with van der Waals surface area (Å²) in [6, 6.07) is 5.33. The number of hydrogen-bond donors (Lipinski definition) is 2. The van der Waals surface area contributed by atoms with E-state index in [1.807, 2.05) is 0 Å². The van der Waals surface area contributed by atoms with Gasteiger partial charge in [0, 0.05) is 13.0 Å². The summed E-state index contributed by atoms with van der Waals surface area (Å²) < 4.78 is 15.3. The van der Waals surface area contributed by atoms with Gasteiger partial charge in [-0.2, -0.15) is 4.98 Å². The predicted octanol–water partition coefficient (Wildman–Crippen LogP) is 1.32. The molecule has 1 aromatic carbocycles. The Bertz CT molecular complexity index is 638. The van der Waals surface area contributed by atoms with Crippen LogP contribution < -0.4 is 20.5 Å². The van der Waals surface area contributed by atoms with Gasteiger partial charge in [-0.05, 0) is 12.1 Å². The first-order chi connectivity index (χ1) is 10.1. The number of nitrogens with zero attached hydrogens (tertiary/aromatic N) is 3. The number of aromatic nitrogens is 2. The third kappa shape index (κ3) is 3.85. The van der Waals surface area contributed by atoms with Crippen molar-refractivity contribution in [1.82, 2.24) is 10.1 Å². The smallest absolute Gasteiger partial charge is 0.223 e. The molecule has 0 unspecified atom stereocenters. The quantitative estimate of drug-likeness (QED) is 0.631. The van der Waals surface area contributed by atoms with Crippen LogP contribution >= 0.6 is 0 Å². The van der Waals surface area contributed by atoms with E-state index in [-0.39, 0.29) is 12.5 Å². The molecule has 0 amide bonds. The Morgan fingerprint density at radius 2 is 2.19 bits per heavy atom. The lowest BCUT2D eigenvalue weighted by atomic mass is 10.2. The Morgan fingerprint density at radius 1 is 1.38 bits per heavy atom. The fourth-order valence-electron chi connectivity index (χ4n) is 1.65. The van der Waals surface area contributed by atoms with Crippen molar-refractivity contribution in [2.24, 2.45) is 10.7 Å². The van der Waals surface area contributed by atoms with Gasteiger partial charge in [-0.15, -0.1) is 0 Å². The molecule has 2 rings (SSSR count). The standard InChI is InChI=1S/C13H17N5O3/c1-8-16-12(18-21-8)7-15-13(14)17-10-6-9(19-2)4-5-11(10)20-3/h4-6H,7H2,1-3H3,(H3,14,15,17). The van der Waals surface area contributed by atoms with Gasteiger partial charge >= 0.3 is 0 Å². The van der Waals surface area contributed by atoms with E-state index >= 15 is 0 Å². The summed E-state index contributed by atoms with van der Waals surface area (Å²) in [5.74, 6) is 2.48. The zero-order valence-electron chi connectivity index (χ0n) is 12.1. The number of anilines is 1. The van der Waals surface area contributed by atoms with Crippen LogP contribution in [0.1, 0.15) is 11.7 Å². The molecule has 21 heavy (non-hydrogen) atoms. The minimum atomic E-state index is 0.212. The summed E-state index contributed by atoms with van der Waals surface area (Å²) >= 11 is 0. The van der Waals surface area contributed by atoms with Gasteiger partial charge in [0.1, 0.15) is 18.0 Å². The van der Waals surface area contributed by atoms with Crippen molar-refractivity contribution < 1.29 is 14.0 Å². The van der Waals surface area contributed by atoms with Gasteiger partial charge < -0.3 is 25.0 Å². The van der Waals surface area contributed by atoms with Crippen LogP contribution in [0.5, 0.6) is 11.5 Å². The maximum Gasteiger partial charge on any atom is 0.223 e. The second-order valence-corrected chi connectivity index (χ2v) is 4.12. The Balaban J connectivity index is 2.09. The minimum absolute atomic E-state index is 0.212. The highest BCUT2D eigenvalue weighted by molar-refractivity contribution is 5.93. The summed E-state index contributed by atoms with van der Waals surface area (Å²) in [4.78, 5) is 8.17. The molecule has 0 atom stereocenters. The summed E-state index contributed by atoms with van der Waals surface area (Å²) in [5, 5.41) is 6.68. The lowest BCUT2D eigenvalue weighted by molar-refractivity contribution is 0.387. The highest BCUT2D eigenvalue weighted by Crippen LogP contribution is 2.28. The molecule has 0 aliphatic carbocycles. The molecule has 8 nitrogen and oxygen atoms in total. The zero-order chi connectivity index (χ0) is 15.2. The predicted molar refractivity (Wildman–Crippen MR) is 77.5 cm³/mol. The average Bonchev–Trinajstić information content (AvgIpc) is 2.90. The van der Waals surface area contributed by atoms with Crippen LogP contribution in [-0.2, 0) is 6.54 Å².